The van der Waals surface area contributed by atoms with Crippen molar-refractivity contribution in [3.8, 4) is 0 Å². The van der Waals surface area contributed by atoms with Crippen LogP contribution in [-0.4, -0.2) is 27.8 Å². The van der Waals surface area contributed by atoms with Gasteiger partial charge in [0.15, 0.2) is 9.84 Å². The van der Waals surface area contributed by atoms with Crippen molar-refractivity contribution in [2.24, 2.45) is 0 Å². The number of sulfone groups is 1. The number of fused-ring (bicyclic) bond motifs is 1. The Morgan fingerprint density at radius 2 is 1.58 bits per heavy atom. The summed E-state index contributed by atoms with van der Waals surface area (Å²) in [6.45, 7) is 2.12. The first kappa shape index (κ1) is 12.5. The van der Waals surface area contributed by atoms with Gasteiger partial charge in [0.1, 0.15) is 0 Å². The van der Waals surface area contributed by atoms with Crippen LogP contribution in [0.3, 0.4) is 0 Å². The van der Waals surface area contributed by atoms with Gasteiger partial charge in [-0.25, -0.2) is 8.42 Å². The number of benzene rings is 2. The molecule has 3 rings (SSSR count). The van der Waals surface area contributed by atoms with Gasteiger partial charge in [0.2, 0.25) is 0 Å². The van der Waals surface area contributed by atoms with E-state index in [4.69, 9.17) is 0 Å². The average molecular weight is 275 g/mol. The van der Waals surface area contributed by atoms with Gasteiger partial charge in [0, 0.05) is 35.8 Å². The lowest BCUT2D eigenvalue weighted by Crippen LogP contribution is -2.18. The molecular weight excluding hydrogens is 258 g/mol. The lowest BCUT2D eigenvalue weighted by atomic mass is 10.1. The molecule has 2 aromatic carbocycles. The lowest BCUT2D eigenvalue weighted by Gasteiger charge is -2.20. The highest BCUT2D eigenvalue weighted by atomic mass is 32.2. The Bertz CT molecular complexity index is 716. The zero-order valence-corrected chi connectivity index (χ0v) is 11.8. The number of hydrogen-bond acceptors (Lipinski definition) is 3. The summed E-state index contributed by atoms with van der Waals surface area (Å²) in [7, 11) is -3.19. The quantitative estimate of drug-likeness (QED) is 0.845. The molecule has 0 atom stereocenters. The van der Waals surface area contributed by atoms with E-state index in [1.807, 2.05) is 30.3 Å². The van der Waals surface area contributed by atoms with Crippen LogP contribution in [0.15, 0.2) is 41.3 Å². The van der Waals surface area contributed by atoms with Gasteiger partial charge in [-0.2, -0.15) is 0 Å². The molecule has 4 heteroatoms. The average Bonchev–Trinajstić information content (AvgIpc) is 2.90. The first-order valence-electron chi connectivity index (χ1n) is 6.54. The molecular formula is C15H17NO2S. The number of anilines is 1. The molecule has 0 amide bonds. The van der Waals surface area contributed by atoms with E-state index in [-0.39, 0.29) is 0 Å². The third kappa shape index (κ3) is 2.21. The van der Waals surface area contributed by atoms with E-state index in [0.29, 0.717) is 4.90 Å². The molecule has 1 heterocycles. The second-order valence-electron chi connectivity index (χ2n) is 5.09. The van der Waals surface area contributed by atoms with Crippen LogP contribution in [0.5, 0.6) is 0 Å². The molecule has 0 bridgehead atoms. The van der Waals surface area contributed by atoms with Crippen molar-refractivity contribution in [1.82, 2.24) is 0 Å². The van der Waals surface area contributed by atoms with E-state index in [1.165, 1.54) is 19.1 Å². The van der Waals surface area contributed by atoms with Crippen molar-refractivity contribution in [1.29, 1.82) is 0 Å². The Morgan fingerprint density at radius 3 is 2.21 bits per heavy atom. The molecule has 0 aromatic heterocycles. The van der Waals surface area contributed by atoms with E-state index in [0.717, 1.165) is 29.5 Å². The summed E-state index contributed by atoms with van der Waals surface area (Å²) in [5, 5.41) is 1.86. The first-order valence-corrected chi connectivity index (χ1v) is 8.43. The molecule has 1 saturated heterocycles. The van der Waals surface area contributed by atoms with Crippen LogP contribution in [0.2, 0.25) is 0 Å². The Kier molecular flexibility index (Phi) is 2.97. The highest BCUT2D eigenvalue weighted by Gasteiger charge is 2.18. The minimum Gasteiger partial charge on any atom is -0.371 e. The fourth-order valence-electron chi connectivity index (χ4n) is 2.81. The van der Waals surface area contributed by atoms with Crippen molar-refractivity contribution in [2.75, 3.05) is 24.2 Å². The highest BCUT2D eigenvalue weighted by Crippen LogP contribution is 2.33. The summed E-state index contributed by atoms with van der Waals surface area (Å²) in [4.78, 5) is 2.76. The smallest absolute Gasteiger partial charge is 0.176 e. The molecule has 0 saturated carbocycles. The number of hydrogen-bond donors (Lipinski definition) is 0. The molecule has 0 unspecified atom stereocenters. The van der Waals surface area contributed by atoms with E-state index in [1.54, 1.807) is 6.07 Å². The molecule has 0 N–H and O–H groups in total. The summed E-state index contributed by atoms with van der Waals surface area (Å²) < 4.78 is 23.7. The molecule has 100 valence electrons. The van der Waals surface area contributed by atoms with Gasteiger partial charge in [0.25, 0.3) is 0 Å². The predicted octanol–water partition coefficient (Wildman–Crippen LogP) is 2.84. The van der Waals surface area contributed by atoms with Crippen LogP contribution in [0.1, 0.15) is 12.8 Å². The molecule has 0 aliphatic carbocycles. The lowest BCUT2D eigenvalue weighted by molar-refractivity contribution is 0.602. The zero-order chi connectivity index (χ0) is 13.5. The second-order valence-corrected chi connectivity index (χ2v) is 7.08. The summed E-state index contributed by atoms with van der Waals surface area (Å²) in [6, 6.07) is 11.5. The Hall–Kier alpha value is -1.55. The van der Waals surface area contributed by atoms with Gasteiger partial charge in [0.05, 0.1) is 4.90 Å². The Morgan fingerprint density at radius 1 is 0.947 bits per heavy atom. The van der Waals surface area contributed by atoms with Crippen molar-refractivity contribution < 1.29 is 8.42 Å². The first-order chi connectivity index (χ1) is 9.07. The topological polar surface area (TPSA) is 37.4 Å². The second kappa shape index (κ2) is 4.53. The van der Waals surface area contributed by atoms with Gasteiger partial charge in [-0.05, 0) is 25.0 Å². The normalized spacial score (nSPS) is 16.2. The SMILES string of the molecule is CS(=O)(=O)c1ccc(N2CCCC2)c2ccccc12. The van der Waals surface area contributed by atoms with Crippen molar-refractivity contribution >= 4 is 26.3 Å². The summed E-state index contributed by atoms with van der Waals surface area (Å²) in [6.07, 6.45) is 3.69. The Balaban J connectivity index is 2.27. The van der Waals surface area contributed by atoms with Gasteiger partial charge in [-0.3, -0.25) is 0 Å². The zero-order valence-electron chi connectivity index (χ0n) is 11.0. The van der Waals surface area contributed by atoms with E-state index >= 15 is 0 Å². The monoisotopic (exact) mass is 275 g/mol. The van der Waals surface area contributed by atoms with Crippen molar-refractivity contribution in [3.63, 3.8) is 0 Å². The minimum atomic E-state index is -3.19. The predicted molar refractivity (Wildman–Crippen MR) is 78.5 cm³/mol. The summed E-state index contributed by atoms with van der Waals surface area (Å²) >= 11 is 0. The van der Waals surface area contributed by atoms with Crippen LogP contribution in [-0.2, 0) is 9.84 Å². The maximum atomic E-state index is 11.9. The minimum absolute atomic E-state index is 0.422. The molecule has 2 aromatic rings. The molecule has 1 fully saturated rings. The summed E-state index contributed by atoms with van der Waals surface area (Å²) in [5.74, 6) is 0. The van der Waals surface area contributed by atoms with E-state index < -0.39 is 9.84 Å². The molecule has 19 heavy (non-hydrogen) atoms. The van der Waals surface area contributed by atoms with Gasteiger partial charge in [-0.15, -0.1) is 0 Å². The molecule has 3 nitrogen and oxygen atoms in total. The molecule has 1 aliphatic heterocycles. The maximum Gasteiger partial charge on any atom is 0.176 e. The standard InChI is InChI=1S/C15H17NO2S/c1-19(17,18)15-9-8-14(16-10-4-5-11-16)12-6-2-3-7-13(12)15/h2-3,6-9H,4-5,10-11H2,1H3. The largest absolute Gasteiger partial charge is 0.371 e. The molecule has 0 spiro atoms. The maximum absolute atomic E-state index is 11.9. The van der Waals surface area contributed by atoms with Crippen LogP contribution >= 0.6 is 0 Å². The Labute approximate surface area is 113 Å². The molecule has 0 radical (unpaired) electrons. The van der Waals surface area contributed by atoms with E-state index in [9.17, 15) is 8.42 Å². The van der Waals surface area contributed by atoms with Crippen LogP contribution in [0.4, 0.5) is 5.69 Å². The summed E-state index contributed by atoms with van der Waals surface area (Å²) in [5.41, 5.74) is 1.15. The van der Waals surface area contributed by atoms with Crippen LogP contribution < -0.4 is 4.90 Å². The number of rotatable bonds is 2. The van der Waals surface area contributed by atoms with Crippen LogP contribution in [0, 0.1) is 0 Å². The van der Waals surface area contributed by atoms with Gasteiger partial charge >= 0.3 is 0 Å². The van der Waals surface area contributed by atoms with E-state index in [2.05, 4.69) is 4.90 Å². The van der Waals surface area contributed by atoms with Crippen molar-refractivity contribution in [2.45, 2.75) is 17.7 Å². The number of nitrogens with zero attached hydrogens (tertiary/aromatic N) is 1. The fraction of sp³-hybridized carbons (Fsp3) is 0.333. The van der Waals surface area contributed by atoms with Crippen molar-refractivity contribution in [3.05, 3.63) is 36.4 Å². The van der Waals surface area contributed by atoms with Crippen LogP contribution in [0.25, 0.3) is 10.8 Å². The van der Waals surface area contributed by atoms with Gasteiger partial charge < -0.3 is 4.90 Å². The molecule has 1 aliphatic rings. The van der Waals surface area contributed by atoms with Gasteiger partial charge in [-0.1, -0.05) is 24.3 Å². The highest BCUT2D eigenvalue weighted by molar-refractivity contribution is 7.91. The third-order valence-corrected chi connectivity index (χ3v) is 4.86. The third-order valence-electron chi connectivity index (χ3n) is 3.71. The fourth-order valence-corrected chi connectivity index (χ4v) is 3.71.